The van der Waals surface area contributed by atoms with Gasteiger partial charge in [-0.2, -0.15) is 0 Å². The third kappa shape index (κ3) is 3.33. The molecule has 3 rings (SSSR count). The molecule has 1 aliphatic heterocycles. The van der Waals surface area contributed by atoms with E-state index in [1.807, 2.05) is 0 Å². The maximum absolute atomic E-state index is 12.4. The molecule has 0 saturated carbocycles. The van der Waals surface area contributed by atoms with Crippen LogP contribution in [0.1, 0.15) is 5.56 Å². The molecule has 1 aromatic carbocycles. The molecular formula is C15H15N5O3. The fraction of sp³-hybridized carbons (Fsp3) is 0.333. The van der Waals surface area contributed by atoms with Gasteiger partial charge < -0.3 is 14.6 Å². The summed E-state index contributed by atoms with van der Waals surface area (Å²) in [5.74, 6) is -0.0162. The molecule has 1 amide bonds. The Balaban J connectivity index is 1.94. The van der Waals surface area contributed by atoms with Gasteiger partial charge in [-0.15, -0.1) is 0 Å². The van der Waals surface area contributed by atoms with E-state index in [0.29, 0.717) is 35.3 Å². The number of carbonyl (C=O) groups excluding carboxylic acids is 1. The van der Waals surface area contributed by atoms with Crippen LogP contribution in [0, 0.1) is 0 Å². The second kappa shape index (κ2) is 6.51. The lowest BCUT2D eigenvalue weighted by Crippen LogP contribution is -2.47. The van der Waals surface area contributed by atoms with Crippen LogP contribution in [-0.2, 0) is 11.2 Å². The Morgan fingerprint density at radius 1 is 1.35 bits per heavy atom. The Morgan fingerprint density at radius 3 is 2.87 bits per heavy atom. The molecule has 8 heteroatoms. The summed E-state index contributed by atoms with van der Waals surface area (Å²) in [7, 11) is 0. The molecule has 1 N–H and O–H groups in total. The monoisotopic (exact) mass is 313 g/mol. The van der Waals surface area contributed by atoms with E-state index in [4.69, 9.17) is 9.95 Å². The van der Waals surface area contributed by atoms with Gasteiger partial charge in [-0.3, -0.25) is 4.79 Å². The Morgan fingerprint density at radius 2 is 2.13 bits per heavy atom. The number of carbonyl (C=O) groups is 1. The molecule has 1 fully saturated rings. The molecule has 2 aromatic rings. The highest BCUT2D eigenvalue weighted by Gasteiger charge is 2.18. The number of benzene rings is 1. The van der Waals surface area contributed by atoms with Gasteiger partial charge in [0.25, 0.3) is 0 Å². The fourth-order valence-electron chi connectivity index (χ4n) is 2.67. The van der Waals surface area contributed by atoms with Gasteiger partial charge in [0.05, 0.1) is 6.42 Å². The molecule has 2 heterocycles. The summed E-state index contributed by atoms with van der Waals surface area (Å²) >= 11 is 0. The molecule has 1 saturated heterocycles. The highest BCUT2D eigenvalue weighted by Crippen LogP contribution is 2.23. The third-order valence-corrected chi connectivity index (χ3v) is 3.79. The minimum Gasteiger partial charge on any atom is -0.423 e. The number of nitrogens with one attached hydrogen (secondary N) is 1. The lowest BCUT2D eigenvalue weighted by atomic mass is 10.1. The van der Waals surface area contributed by atoms with Crippen molar-refractivity contribution in [3.05, 3.63) is 50.7 Å². The third-order valence-electron chi connectivity index (χ3n) is 3.79. The zero-order valence-corrected chi connectivity index (χ0v) is 12.4. The van der Waals surface area contributed by atoms with Crippen LogP contribution in [0.4, 0.5) is 5.69 Å². The van der Waals surface area contributed by atoms with Crippen LogP contribution in [0.3, 0.4) is 0 Å². The lowest BCUT2D eigenvalue weighted by Gasteiger charge is -2.27. The Labute approximate surface area is 131 Å². The summed E-state index contributed by atoms with van der Waals surface area (Å²) in [4.78, 5) is 28.6. The van der Waals surface area contributed by atoms with Crippen molar-refractivity contribution in [1.29, 1.82) is 0 Å². The second-order valence-corrected chi connectivity index (χ2v) is 5.27. The van der Waals surface area contributed by atoms with Crippen LogP contribution in [0.2, 0.25) is 0 Å². The van der Waals surface area contributed by atoms with Crippen LogP contribution in [0.5, 0.6) is 0 Å². The van der Waals surface area contributed by atoms with Gasteiger partial charge in [-0.25, -0.2) is 4.79 Å². The average Bonchev–Trinajstić information content (AvgIpc) is 2.55. The van der Waals surface area contributed by atoms with Gasteiger partial charge in [0.1, 0.15) is 5.58 Å². The van der Waals surface area contributed by atoms with Crippen LogP contribution in [0.25, 0.3) is 21.4 Å². The van der Waals surface area contributed by atoms with Crippen molar-refractivity contribution in [3.63, 3.8) is 0 Å². The van der Waals surface area contributed by atoms with E-state index >= 15 is 0 Å². The fourth-order valence-corrected chi connectivity index (χ4v) is 2.67. The lowest BCUT2D eigenvalue weighted by molar-refractivity contribution is -0.131. The van der Waals surface area contributed by atoms with Crippen molar-refractivity contribution in [1.82, 2.24) is 10.2 Å². The molecule has 1 aromatic heterocycles. The maximum atomic E-state index is 12.4. The molecule has 0 radical (unpaired) electrons. The van der Waals surface area contributed by atoms with E-state index in [1.165, 1.54) is 12.1 Å². The Kier molecular flexibility index (Phi) is 4.27. The number of piperazine rings is 1. The minimum absolute atomic E-state index is 0.0162. The van der Waals surface area contributed by atoms with Crippen molar-refractivity contribution < 1.29 is 9.21 Å². The minimum atomic E-state index is -0.529. The standard InChI is InChI=1S/C15H15N5O3/c16-19-18-11-1-2-12-10(8-15(22)23-13(12)9-11)7-14(21)20-5-3-17-4-6-20/h1-2,8-9,17H,3-7H2. The van der Waals surface area contributed by atoms with E-state index in [9.17, 15) is 9.59 Å². The van der Waals surface area contributed by atoms with Crippen molar-refractivity contribution >= 4 is 22.6 Å². The molecule has 0 aliphatic carbocycles. The number of azide groups is 1. The number of nitrogens with zero attached hydrogens (tertiary/aromatic N) is 4. The predicted octanol–water partition coefficient (Wildman–Crippen LogP) is 1.71. The normalized spacial score (nSPS) is 14.5. The van der Waals surface area contributed by atoms with Crippen molar-refractivity contribution in [2.45, 2.75) is 6.42 Å². The maximum Gasteiger partial charge on any atom is 0.336 e. The summed E-state index contributed by atoms with van der Waals surface area (Å²) < 4.78 is 5.14. The first kappa shape index (κ1) is 15.1. The van der Waals surface area contributed by atoms with Crippen molar-refractivity contribution in [2.75, 3.05) is 26.2 Å². The van der Waals surface area contributed by atoms with Crippen LogP contribution in [-0.4, -0.2) is 37.0 Å². The molecule has 8 nitrogen and oxygen atoms in total. The van der Waals surface area contributed by atoms with Crippen molar-refractivity contribution in [2.24, 2.45) is 5.11 Å². The van der Waals surface area contributed by atoms with Gasteiger partial charge in [0.2, 0.25) is 5.91 Å². The van der Waals surface area contributed by atoms with E-state index in [0.717, 1.165) is 13.1 Å². The smallest absolute Gasteiger partial charge is 0.336 e. The predicted molar refractivity (Wildman–Crippen MR) is 84.4 cm³/mol. The zero-order chi connectivity index (χ0) is 16.2. The highest BCUT2D eigenvalue weighted by atomic mass is 16.4. The molecule has 0 bridgehead atoms. The first-order chi connectivity index (χ1) is 11.2. The van der Waals surface area contributed by atoms with Crippen LogP contribution in [0.15, 0.2) is 38.6 Å². The highest BCUT2D eigenvalue weighted by molar-refractivity contribution is 5.88. The van der Waals surface area contributed by atoms with Crippen LogP contribution < -0.4 is 10.9 Å². The average molecular weight is 313 g/mol. The van der Waals surface area contributed by atoms with Gasteiger partial charge in [-0.1, -0.05) is 17.2 Å². The second-order valence-electron chi connectivity index (χ2n) is 5.27. The van der Waals surface area contributed by atoms with Crippen LogP contribution >= 0.6 is 0 Å². The zero-order valence-electron chi connectivity index (χ0n) is 12.4. The Hall–Kier alpha value is -2.83. The van der Waals surface area contributed by atoms with Gasteiger partial charge in [-0.05, 0) is 17.2 Å². The summed E-state index contributed by atoms with van der Waals surface area (Å²) in [5.41, 5.74) is 9.23. The van der Waals surface area contributed by atoms with E-state index < -0.39 is 5.63 Å². The topological polar surface area (TPSA) is 111 Å². The number of hydrogen-bond acceptors (Lipinski definition) is 5. The SMILES string of the molecule is [N-]=[N+]=Nc1ccc2c(CC(=O)N3CCNCC3)cc(=O)oc2c1. The van der Waals surface area contributed by atoms with E-state index in [1.54, 1.807) is 17.0 Å². The van der Waals surface area contributed by atoms with Gasteiger partial charge in [0.15, 0.2) is 0 Å². The summed E-state index contributed by atoms with van der Waals surface area (Å²) in [6.07, 6.45) is 0.142. The van der Waals surface area contributed by atoms with E-state index in [2.05, 4.69) is 15.3 Å². The number of fused-ring (bicyclic) bond motifs is 1. The summed E-state index contributed by atoms with van der Waals surface area (Å²) in [6, 6.07) is 6.16. The Bertz CT molecular complexity index is 848. The molecule has 118 valence electrons. The summed E-state index contributed by atoms with van der Waals surface area (Å²) in [6.45, 7) is 2.89. The number of hydrogen-bond donors (Lipinski definition) is 1. The molecule has 1 aliphatic rings. The van der Waals surface area contributed by atoms with Crippen molar-refractivity contribution in [3.8, 4) is 0 Å². The van der Waals surface area contributed by atoms with E-state index in [-0.39, 0.29) is 12.3 Å². The molecule has 0 spiro atoms. The molecule has 23 heavy (non-hydrogen) atoms. The largest absolute Gasteiger partial charge is 0.423 e. The summed E-state index contributed by atoms with van der Waals surface area (Å²) in [5, 5.41) is 7.35. The first-order valence-corrected chi connectivity index (χ1v) is 7.28. The van der Waals surface area contributed by atoms with Gasteiger partial charge >= 0.3 is 5.63 Å². The molecule has 0 atom stereocenters. The number of amides is 1. The first-order valence-electron chi connectivity index (χ1n) is 7.28. The quantitative estimate of drug-likeness (QED) is 0.402. The molecular weight excluding hydrogens is 298 g/mol. The van der Waals surface area contributed by atoms with Gasteiger partial charge in [0, 0.05) is 48.2 Å². The number of rotatable bonds is 3. The molecule has 0 unspecified atom stereocenters.